The number of hydrogen-bond acceptors (Lipinski definition) is 5. The lowest BCUT2D eigenvalue weighted by Gasteiger charge is -2.32. The Kier molecular flexibility index (Phi) is 10.0. The van der Waals surface area contributed by atoms with Crippen molar-refractivity contribution in [2.75, 3.05) is 18.0 Å². The Hall–Kier alpha value is -4.06. The van der Waals surface area contributed by atoms with E-state index in [-0.39, 0.29) is 23.2 Å². The van der Waals surface area contributed by atoms with Crippen molar-refractivity contribution in [3.05, 3.63) is 90.0 Å². The van der Waals surface area contributed by atoms with E-state index >= 15 is 0 Å². The van der Waals surface area contributed by atoms with Crippen LogP contribution in [-0.4, -0.2) is 50.9 Å². The summed E-state index contributed by atoms with van der Waals surface area (Å²) in [5.41, 5.74) is -0.788. The predicted molar refractivity (Wildman–Crippen MR) is 156 cm³/mol. The van der Waals surface area contributed by atoms with Gasteiger partial charge in [-0.15, -0.1) is 0 Å². The fourth-order valence-corrected chi connectivity index (χ4v) is 6.45. The Labute approximate surface area is 249 Å². The van der Waals surface area contributed by atoms with E-state index in [1.54, 1.807) is 37.3 Å². The third-order valence-electron chi connectivity index (χ3n) is 7.43. The smallest absolute Gasteiger partial charge is 0.416 e. The molecule has 12 heteroatoms. The zero-order valence-electron chi connectivity index (χ0n) is 23.9. The summed E-state index contributed by atoms with van der Waals surface area (Å²) >= 11 is 0. The van der Waals surface area contributed by atoms with E-state index in [1.807, 2.05) is 0 Å². The lowest BCUT2D eigenvalue weighted by atomic mass is 10.1. The van der Waals surface area contributed by atoms with Gasteiger partial charge >= 0.3 is 6.18 Å². The van der Waals surface area contributed by atoms with Crippen molar-refractivity contribution < 1.29 is 35.9 Å². The van der Waals surface area contributed by atoms with E-state index < -0.39 is 46.2 Å². The van der Waals surface area contributed by atoms with Gasteiger partial charge in [-0.05, 0) is 67.8 Å². The standard InChI is InChI=1S/C31H34F3N3O5S/c1-22(30(39)35-25-12-6-7-13-25)36(20-23-10-8-15-27(18-23)42-2)29(38)21-37(43(40,41)28-16-4-3-5-17-28)26-14-9-11-24(19-26)31(32,33)34/h3-5,8-11,14-19,22,25H,6-7,12-13,20-21H2,1-2H3,(H,35,39)/t22-/m0/s1. The quantitative estimate of drug-likeness (QED) is 0.312. The van der Waals surface area contributed by atoms with Crippen LogP contribution in [0.4, 0.5) is 18.9 Å². The first-order valence-electron chi connectivity index (χ1n) is 13.9. The molecule has 3 aromatic carbocycles. The van der Waals surface area contributed by atoms with E-state index in [4.69, 9.17) is 4.74 Å². The number of anilines is 1. The highest BCUT2D eigenvalue weighted by atomic mass is 32.2. The second kappa shape index (κ2) is 13.5. The fourth-order valence-electron chi connectivity index (χ4n) is 5.03. The maximum atomic E-state index is 14.0. The van der Waals surface area contributed by atoms with Crippen LogP contribution in [0.2, 0.25) is 0 Å². The third kappa shape index (κ3) is 7.86. The van der Waals surface area contributed by atoms with Crippen LogP contribution in [0.1, 0.15) is 43.7 Å². The monoisotopic (exact) mass is 617 g/mol. The molecule has 0 unspecified atom stereocenters. The Balaban J connectivity index is 1.73. The molecule has 2 amide bonds. The van der Waals surface area contributed by atoms with Gasteiger partial charge in [-0.25, -0.2) is 8.42 Å². The number of hydrogen-bond donors (Lipinski definition) is 1. The molecule has 1 saturated carbocycles. The largest absolute Gasteiger partial charge is 0.497 e. The minimum absolute atomic E-state index is 0.0243. The lowest BCUT2D eigenvalue weighted by molar-refractivity contribution is -0.139. The molecule has 0 spiro atoms. The number of nitrogens with zero attached hydrogens (tertiary/aromatic N) is 2. The molecule has 0 bridgehead atoms. The summed E-state index contributed by atoms with van der Waals surface area (Å²) in [6.45, 7) is 0.628. The predicted octanol–water partition coefficient (Wildman–Crippen LogP) is 5.39. The van der Waals surface area contributed by atoms with Crippen molar-refractivity contribution in [2.24, 2.45) is 0 Å². The van der Waals surface area contributed by atoms with Crippen molar-refractivity contribution in [1.29, 1.82) is 0 Å². The molecule has 1 atom stereocenters. The number of halogens is 3. The Morgan fingerprint density at radius 3 is 2.30 bits per heavy atom. The number of sulfonamides is 1. The van der Waals surface area contributed by atoms with Gasteiger partial charge in [0.15, 0.2) is 0 Å². The van der Waals surface area contributed by atoms with Crippen LogP contribution >= 0.6 is 0 Å². The minimum atomic E-state index is -4.74. The molecule has 8 nitrogen and oxygen atoms in total. The van der Waals surface area contributed by atoms with E-state index in [0.29, 0.717) is 21.7 Å². The summed E-state index contributed by atoms with van der Waals surface area (Å²) in [5, 5.41) is 2.97. The maximum Gasteiger partial charge on any atom is 0.416 e. The molecule has 1 N–H and O–H groups in total. The molecule has 230 valence electrons. The van der Waals surface area contributed by atoms with E-state index in [0.717, 1.165) is 37.8 Å². The Morgan fingerprint density at radius 2 is 1.65 bits per heavy atom. The maximum absolute atomic E-state index is 14.0. The Morgan fingerprint density at radius 1 is 0.977 bits per heavy atom. The molecule has 0 heterocycles. The molecule has 0 aromatic heterocycles. The summed E-state index contributed by atoms with van der Waals surface area (Å²) in [4.78, 5) is 28.3. The molecule has 0 saturated heterocycles. The van der Waals surface area contributed by atoms with Gasteiger partial charge in [0.25, 0.3) is 10.0 Å². The molecule has 1 aliphatic carbocycles. The van der Waals surface area contributed by atoms with Gasteiger partial charge in [-0.1, -0.05) is 49.2 Å². The van der Waals surface area contributed by atoms with Crippen molar-refractivity contribution in [3.8, 4) is 5.75 Å². The van der Waals surface area contributed by atoms with Crippen LogP contribution in [0.25, 0.3) is 0 Å². The summed E-state index contributed by atoms with van der Waals surface area (Å²) in [6.07, 6.45) is -1.14. The molecular formula is C31H34F3N3O5S. The molecular weight excluding hydrogens is 583 g/mol. The summed E-state index contributed by atoms with van der Waals surface area (Å²) < 4.78 is 74.4. The van der Waals surface area contributed by atoms with Gasteiger partial charge in [0.2, 0.25) is 11.8 Å². The zero-order valence-corrected chi connectivity index (χ0v) is 24.7. The van der Waals surface area contributed by atoms with Crippen molar-refractivity contribution >= 4 is 27.5 Å². The number of nitrogens with one attached hydrogen (secondary N) is 1. The molecule has 3 aromatic rings. The van der Waals surface area contributed by atoms with E-state index in [1.165, 1.54) is 42.3 Å². The first-order valence-corrected chi connectivity index (χ1v) is 15.3. The van der Waals surface area contributed by atoms with Crippen molar-refractivity contribution in [2.45, 2.75) is 62.3 Å². The van der Waals surface area contributed by atoms with Gasteiger partial charge in [-0.3, -0.25) is 13.9 Å². The second-order valence-electron chi connectivity index (χ2n) is 10.4. The zero-order chi connectivity index (χ0) is 31.2. The Bertz CT molecular complexity index is 1530. The van der Waals surface area contributed by atoms with Crippen molar-refractivity contribution in [1.82, 2.24) is 10.2 Å². The molecule has 1 fully saturated rings. The van der Waals surface area contributed by atoms with E-state index in [2.05, 4.69) is 5.32 Å². The molecule has 43 heavy (non-hydrogen) atoms. The van der Waals surface area contributed by atoms with Crippen molar-refractivity contribution in [3.63, 3.8) is 0 Å². The third-order valence-corrected chi connectivity index (χ3v) is 9.22. The highest BCUT2D eigenvalue weighted by Gasteiger charge is 2.35. The van der Waals surface area contributed by atoms with Crippen LogP contribution < -0.4 is 14.4 Å². The van der Waals surface area contributed by atoms with Crippen LogP contribution in [-0.2, 0) is 32.3 Å². The lowest BCUT2D eigenvalue weighted by Crippen LogP contribution is -2.52. The van der Waals surface area contributed by atoms with Gasteiger partial charge in [0, 0.05) is 12.6 Å². The van der Waals surface area contributed by atoms with Gasteiger partial charge in [-0.2, -0.15) is 13.2 Å². The van der Waals surface area contributed by atoms with E-state index in [9.17, 15) is 31.2 Å². The number of ether oxygens (including phenoxy) is 1. The number of alkyl halides is 3. The minimum Gasteiger partial charge on any atom is -0.497 e. The average molecular weight is 618 g/mol. The molecule has 0 radical (unpaired) electrons. The first-order chi connectivity index (χ1) is 20.4. The number of carbonyl (C=O) groups is 2. The van der Waals surface area contributed by atoms with Crippen LogP contribution in [0.15, 0.2) is 83.8 Å². The first kappa shape index (κ1) is 31.9. The molecule has 4 rings (SSSR count). The summed E-state index contributed by atoms with van der Waals surface area (Å²) in [7, 11) is -3.01. The normalized spacial score (nSPS) is 14.6. The number of rotatable bonds is 11. The topological polar surface area (TPSA) is 96.0 Å². The molecule has 1 aliphatic rings. The fraction of sp³-hybridized carbons (Fsp3) is 0.355. The van der Waals surface area contributed by atoms with Gasteiger partial charge in [0.1, 0.15) is 18.3 Å². The second-order valence-corrected chi connectivity index (χ2v) is 12.3. The van der Waals surface area contributed by atoms with Crippen LogP contribution in [0.5, 0.6) is 5.75 Å². The number of carbonyl (C=O) groups excluding carboxylic acids is 2. The summed E-state index contributed by atoms with van der Waals surface area (Å²) in [5.74, 6) is -0.654. The van der Waals surface area contributed by atoms with Gasteiger partial charge < -0.3 is 15.0 Å². The van der Waals surface area contributed by atoms with Crippen LogP contribution in [0.3, 0.4) is 0 Å². The highest BCUT2D eigenvalue weighted by molar-refractivity contribution is 7.92. The average Bonchev–Trinajstić information content (AvgIpc) is 3.51. The SMILES string of the molecule is COc1cccc(CN(C(=O)CN(c2cccc(C(F)(F)F)c2)S(=O)(=O)c2ccccc2)[C@@H](C)C(=O)NC2CCCC2)c1. The molecule has 0 aliphatic heterocycles. The number of methoxy groups -OCH3 is 1. The number of benzene rings is 3. The summed E-state index contributed by atoms with van der Waals surface area (Å²) in [6, 6.07) is 16.8. The van der Waals surface area contributed by atoms with Gasteiger partial charge in [0.05, 0.1) is 23.3 Å². The number of amides is 2. The van der Waals surface area contributed by atoms with Crippen LogP contribution in [0, 0.1) is 0 Å². The highest BCUT2D eigenvalue weighted by Crippen LogP contribution is 2.33.